The largest absolute Gasteiger partial charge is 0.490 e. The highest BCUT2D eigenvalue weighted by Gasteiger charge is 2.25. The Hall–Kier alpha value is -2.01. The van der Waals surface area contributed by atoms with Crippen LogP contribution in [-0.2, 0) is 4.74 Å². The highest BCUT2D eigenvalue weighted by Crippen LogP contribution is 2.36. The highest BCUT2D eigenvalue weighted by atomic mass is 19.2. The van der Waals surface area contributed by atoms with E-state index in [1.165, 1.54) is 18.2 Å². The van der Waals surface area contributed by atoms with Crippen molar-refractivity contribution in [1.82, 2.24) is 0 Å². The van der Waals surface area contributed by atoms with E-state index in [1.807, 2.05) is 0 Å². The molecule has 2 atom stereocenters. The summed E-state index contributed by atoms with van der Waals surface area (Å²) >= 11 is 0. The minimum Gasteiger partial charge on any atom is -0.490 e. The molecule has 1 heterocycles. The van der Waals surface area contributed by atoms with E-state index in [1.54, 1.807) is 12.1 Å². The molecule has 31 heavy (non-hydrogen) atoms. The first-order valence-corrected chi connectivity index (χ1v) is 11.6. The van der Waals surface area contributed by atoms with Crippen molar-refractivity contribution in [1.29, 1.82) is 0 Å². The lowest BCUT2D eigenvalue weighted by molar-refractivity contribution is -0.0211. The summed E-state index contributed by atoms with van der Waals surface area (Å²) in [5.74, 6) is -2.07. The molecule has 5 heteroatoms. The Morgan fingerprint density at radius 3 is 2.45 bits per heavy atom. The molecule has 1 saturated heterocycles. The number of halogens is 3. The Bertz CT molecular complexity index is 845. The van der Waals surface area contributed by atoms with Gasteiger partial charge in [0.25, 0.3) is 0 Å². The molecule has 0 bridgehead atoms. The van der Waals surface area contributed by atoms with Crippen LogP contribution in [0.25, 0.3) is 11.1 Å². The Morgan fingerprint density at radius 1 is 0.935 bits per heavy atom. The Labute approximate surface area is 183 Å². The minimum absolute atomic E-state index is 0.0221. The second kappa shape index (κ2) is 11.6. The fourth-order valence-corrected chi connectivity index (χ4v) is 4.22. The van der Waals surface area contributed by atoms with Crippen LogP contribution in [0.2, 0.25) is 0 Å². The van der Waals surface area contributed by atoms with Gasteiger partial charge in [-0.25, -0.2) is 8.78 Å². The van der Waals surface area contributed by atoms with Gasteiger partial charge in [0.1, 0.15) is 5.82 Å². The van der Waals surface area contributed by atoms with Crippen molar-refractivity contribution in [3.05, 3.63) is 53.3 Å². The van der Waals surface area contributed by atoms with E-state index < -0.39 is 17.5 Å². The molecule has 2 nitrogen and oxygen atoms in total. The molecule has 2 aromatic carbocycles. The molecule has 0 N–H and O–H groups in total. The SMILES string of the molecule is CCCCCCOc1ccc(-c2ccc(C3CCC(CCC)CO3)c(F)c2)c(F)c1F. The zero-order chi connectivity index (χ0) is 22.2. The molecule has 170 valence electrons. The number of hydrogen-bond acceptors (Lipinski definition) is 2. The van der Waals surface area contributed by atoms with Crippen molar-refractivity contribution in [2.75, 3.05) is 13.2 Å². The maximum absolute atomic E-state index is 14.8. The van der Waals surface area contributed by atoms with E-state index in [2.05, 4.69) is 13.8 Å². The zero-order valence-electron chi connectivity index (χ0n) is 18.6. The van der Waals surface area contributed by atoms with Crippen molar-refractivity contribution in [3.63, 3.8) is 0 Å². The predicted octanol–water partition coefficient (Wildman–Crippen LogP) is 8.00. The maximum Gasteiger partial charge on any atom is 0.201 e. The van der Waals surface area contributed by atoms with Crippen molar-refractivity contribution >= 4 is 0 Å². The molecule has 0 saturated carbocycles. The van der Waals surface area contributed by atoms with Gasteiger partial charge < -0.3 is 9.47 Å². The van der Waals surface area contributed by atoms with Crippen molar-refractivity contribution in [3.8, 4) is 16.9 Å². The summed E-state index contributed by atoms with van der Waals surface area (Å²) in [5.41, 5.74) is 0.798. The average Bonchev–Trinajstić information content (AvgIpc) is 2.77. The van der Waals surface area contributed by atoms with Crippen molar-refractivity contribution in [2.45, 2.75) is 71.3 Å². The monoisotopic (exact) mass is 434 g/mol. The molecule has 1 aliphatic heterocycles. The van der Waals surface area contributed by atoms with E-state index in [0.717, 1.165) is 51.4 Å². The van der Waals surface area contributed by atoms with Crippen molar-refractivity contribution < 1.29 is 22.6 Å². The molecular weight excluding hydrogens is 401 g/mol. The number of unbranched alkanes of at least 4 members (excludes halogenated alkanes) is 3. The molecule has 2 unspecified atom stereocenters. The number of hydrogen-bond donors (Lipinski definition) is 0. The molecule has 1 fully saturated rings. The van der Waals surface area contributed by atoms with E-state index in [9.17, 15) is 13.2 Å². The third kappa shape index (κ3) is 6.03. The van der Waals surface area contributed by atoms with Crippen LogP contribution in [0.15, 0.2) is 30.3 Å². The van der Waals surface area contributed by atoms with Gasteiger partial charge in [-0.2, -0.15) is 4.39 Å². The van der Waals surface area contributed by atoms with Gasteiger partial charge in [0.15, 0.2) is 11.6 Å². The van der Waals surface area contributed by atoms with E-state index >= 15 is 0 Å². The fraction of sp³-hybridized carbons (Fsp3) is 0.538. The summed E-state index contributed by atoms with van der Waals surface area (Å²) in [6.07, 6.45) is 7.72. The second-order valence-corrected chi connectivity index (χ2v) is 8.44. The predicted molar refractivity (Wildman–Crippen MR) is 118 cm³/mol. The van der Waals surface area contributed by atoms with Crippen LogP contribution in [0.4, 0.5) is 13.2 Å². The van der Waals surface area contributed by atoms with Crippen LogP contribution in [0.3, 0.4) is 0 Å². The van der Waals surface area contributed by atoms with Crippen LogP contribution in [0, 0.1) is 23.4 Å². The summed E-state index contributed by atoms with van der Waals surface area (Å²) in [5, 5.41) is 0. The average molecular weight is 435 g/mol. The molecule has 2 aromatic rings. The van der Waals surface area contributed by atoms with E-state index in [4.69, 9.17) is 9.47 Å². The van der Waals surface area contributed by atoms with Crippen molar-refractivity contribution in [2.24, 2.45) is 5.92 Å². The van der Waals surface area contributed by atoms with E-state index in [-0.39, 0.29) is 17.4 Å². The number of benzene rings is 2. The quantitative estimate of drug-likeness (QED) is 0.353. The lowest BCUT2D eigenvalue weighted by Gasteiger charge is -2.29. The molecular formula is C26H33F3O2. The van der Waals surface area contributed by atoms with Crippen LogP contribution in [0.5, 0.6) is 5.75 Å². The summed E-state index contributed by atoms with van der Waals surface area (Å²) in [4.78, 5) is 0. The molecule has 3 rings (SSSR count). The summed E-state index contributed by atoms with van der Waals surface area (Å²) < 4.78 is 55.3. The van der Waals surface area contributed by atoms with Crippen LogP contribution in [-0.4, -0.2) is 13.2 Å². The van der Waals surface area contributed by atoms with Crippen LogP contribution >= 0.6 is 0 Å². The summed E-state index contributed by atoms with van der Waals surface area (Å²) in [7, 11) is 0. The van der Waals surface area contributed by atoms with Gasteiger partial charge in [-0.3, -0.25) is 0 Å². The first-order chi connectivity index (χ1) is 15.0. The van der Waals surface area contributed by atoms with Gasteiger partial charge in [-0.05, 0) is 55.4 Å². The minimum atomic E-state index is -1.03. The molecule has 0 aliphatic carbocycles. The molecule has 0 aromatic heterocycles. The Balaban J connectivity index is 1.69. The van der Waals surface area contributed by atoms with Gasteiger partial charge in [0, 0.05) is 11.1 Å². The first kappa shape index (κ1) is 23.6. The first-order valence-electron chi connectivity index (χ1n) is 11.6. The normalized spacial score (nSPS) is 18.9. The van der Waals surface area contributed by atoms with Gasteiger partial charge in [-0.1, -0.05) is 51.7 Å². The fourth-order valence-electron chi connectivity index (χ4n) is 4.22. The smallest absolute Gasteiger partial charge is 0.201 e. The summed E-state index contributed by atoms with van der Waals surface area (Å²) in [6, 6.07) is 7.38. The zero-order valence-corrected chi connectivity index (χ0v) is 18.6. The molecule has 0 amide bonds. The van der Waals surface area contributed by atoms with Gasteiger partial charge in [0.2, 0.25) is 5.82 Å². The Morgan fingerprint density at radius 2 is 1.77 bits per heavy atom. The van der Waals surface area contributed by atoms with E-state index in [0.29, 0.717) is 30.3 Å². The third-order valence-corrected chi connectivity index (χ3v) is 6.03. The molecule has 0 spiro atoms. The lowest BCUT2D eigenvalue weighted by atomic mass is 9.91. The van der Waals surface area contributed by atoms with Crippen LogP contribution < -0.4 is 4.74 Å². The topological polar surface area (TPSA) is 18.5 Å². The van der Waals surface area contributed by atoms with Gasteiger partial charge >= 0.3 is 0 Å². The van der Waals surface area contributed by atoms with Gasteiger partial charge in [-0.15, -0.1) is 0 Å². The highest BCUT2D eigenvalue weighted by molar-refractivity contribution is 5.66. The maximum atomic E-state index is 14.8. The summed E-state index contributed by atoms with van der Waals surface area (Å²) in [6.45, 7) is 5.24. The van der Waals surface area contributed by atoms with Crippen LogP contribution in [0.1, 0.15) is 76.9 Å². The number of ether oxygens (including phenoxy) is 2. The molecule has 0 radical (unpaired) electrons. The van der Waals surface area contributed by atoms with Gasteiger partial charge in [0.05, 0.1) is 19.3 Å². The lowest BCUT2D eigenvalue weighted by Crippen LogP contribution is -2.21. The standard InChI is InChI=1S/C26H33F3O2/c1-3-5-6-7-15-30-24-14-12-20(25(28)26(24)29)19-10-11-21(22(27)16-19)23-13-9-18(8-4-2)17-31-23/h10-12,14,16,18,23H,3-9,13,15,17H2,1-2H3. The second-order valence-electron chi connectivity index (χ2n) is 8.44. The third-order valence-electron chi connectivity index (χ3n) is 6.03. The Kier molecular flexibility index (Phi) is 8.82. The molecule has 1 aliphatic rings. The number of rotatable bonds is 10.